The van der Waals surface area contributed by atoms with Crippen LogP contribution in [0, 0.1) is 5.92 Å². The number of carbonyl (C=O) groups excluding carboxylic acids is 2. The van der Waals surface area contributed by atoms with Crippen molar-refractivity contribution in [3.05, 3.63) is 27.1 Å². The molecule has 1 aromatic rings. The van der Waals surface area contributed by atoms with Gasteiger partial charge < -0.3 is 19.7 Å². The summed E-state index contributed by atoms with van der Waals surface area (Å²) in [6.07, 6.45) is -0.896. The average molecular weight is 371 g/mol. The molecule has 3 rings (SSSR count). The van der Waals surface area contributed by atoms with Gasteiger partial charge in [0.1, 0.15) is 5.37 Å². The first-order chi connectivity index (χ1) is 11.4. The van der Waals surface area contributed by atoms with Crippen LogP contribution in [0.15, 0.2) is 22.2 Å². The predicted octanol–water partition coefficient (Wildman–Crippen LogP) is 1.08. The molecule has 2 aliphatic rings. The van der Waals surface area contributed by atoms with E-state index in [2.05, 4.69) is 4.74 Å². The summed E-state index contributed by atoms with van der Waals surface area (Å²) >= 11 is 2.14. The third kappa shape index (κ3) is 2.46. The molecule has 2 aliphatic heterocycles. The van der Waals surface area contributed by atoms with Gasteiger partial charge >= 0.3 is 11.9 Å². The van der Waals surface area contributed by atoms with Crippen LogP contribution >= 0.6 is 23.1 Å². The number of hydrogen-bond donors (Lipinski definition) is 2. The Kier molecular flexibility index (Phi) is 4.28. The average Bonchev–Trinajstić information content (AvgIpc) is 3.09. The fourth-order valence-electron chi connectivity index (χ4n) is 2.54. The zero-order valence-electron chi connectivity index (χ0n) is 12.6. The molecule has 1 unspecified atom stereocenters. The maximum absolute atomic E-state index is 12.1. The molecule has 10 heteroatoms. The fraction of sp³-hybridized carbons (Fsp3) is 0.357. The van der Waals surface area contributed by atoms with Gasteiger partial charge in [-0.2, -0.15) is 0 Å². The molecule has 1 saturated heterocycles. The number of fused-ring (bicyclic) bond motifs is 1. The standard InChI is InChI=1S/C14H13NO7S2/c1-5(16)7-10(17)15-8(12(18)19)14(24-11(7)15)22-6-3-4-23-9(6)13(20)21-2/h3-5,7,11,16H,1-2H3,(H,18,19)/t5-,7+,11?/m1/s1. The fourth-order valence-corrected chi connectivity index (χ4v) is 4.73. The highest BCUT2D eigenvalue weighted by Gasteiger charge is 2.58. The third-order valence-corrected chi connectivity index (χ3v) is 5.78. The van der Waals surface area contributed by atoms with Crippen molar-refractivity contribution in [3.63, 3.8) is 0 Å². The van der Waals surface area contributed by atoms with E-state index in [1.165, 1.54) is 20.1 Å². The maximum Gasteiger partial charge on any atom is 0.357 e. The number of aliphatic hydroxyl groups is 1. The number of amides is 1. The van der Waals surface area contributed by atoms with E-state index in [1.54, 1.807) is 5.38 Å². The highest BCUT2D eigenvalue weighted by Crippen LogP contribution is 2.51. The van der Waals surface area contributed by atoms with E-state index in [0.717, 1.165) is 28.0 Å². The summed E-state index contributed by atoms with van der Waals surface area (Å²) in [6.45, 7) is 1.48. The minimum absolute atomic E-state index is 0.00699. The number of thioether (sulfide) groups is 1. The second-order valence-corrected chi connectivity index (χ2v) is 7.14. The van der Waals surface area contributed by atoms with Gasteiger partial charge in [0.25, 0.3) is 0 Å². The van der Waals surface area contributed by atoms with Crippen molar-refractivity contribution >= 4 is 40.9 Å². The molecule has 1 amide bonds. The number of methoxy groups -OCH3 is 1. The van der Waals surface area contributed by atoms with Crippen molar-refractivity contribution in [3.8, 4) is 5.75 Å². The van der Waals surface area contributed by atoms with Crippen molar-refractivity contribution in [1.29, 1.82) is 0 Å². The van der Waals surface area contributed by atoms with Crippen LogP contribution in [0.4, 0.5) is 0 Å². The van der Waals surface area contributed by atoms with Gasteiger partial charge in [-0.3, -0.25) is 9.69 Å². The molecule has 0 radical (unpaired) electrons. The van der Waals surface area contributed by atoms with E-state index in [9.17, 15) is 24.6 Å². The zero-order valence-corrected chi connectivity index (χ0v) is 14.2. The van der Waals surface area contributed by atoms with E-state index in [0.29, 0.717) is 0 Å². The lowest BCUT2D eigenvalue weighted by molar-refractivity contribution is -0.156. The van der Waals surface area contributed by atoms with Gasteiger partial charge in [0.2, 0.25) is 5.91 Å². The Hall–Kier alpha value is -2.04. The molecule has 8 nitrogen and oxygen atoms in total. The number of ether oxygens (including phenoxy) is 2. The number of thiophene rings is 1. The minimum Gasteiger partial charge on any atom is -0.476 e. The van der Waals surface area contributed by atoms with Crippen LogP contribution in [0.3, 0.4) is 0 Å². The number of β-lactam (4-membered cyclic amide) rings is 1. The first kappa shape index (κ1) is 16.8. The molecule has 1 fully saturated rings. The zero-order chi connectivity index (χ0) is 17.6. The number of nitrogens with zero attached hydrogens (tertiary/aromatic N) is 1. The van der Waals surface area contributed by atoms with E-state index in [4.69, 9.17) is 4.74 Å². The van der Waals surface area contributed by atoms with Gasteiger partial charge in [0.15, 0.2) is 21.4 Å². The molecule has 0 saturated carbocycles. The quantitative estimate of drug-likeness (QED) is 0.584. The second-order valence-electron chi connectivity index (χ2n) is 5.13. The SMILES string of the molecule is COC(=O)c1sccc1OC1=C(C(=O)O)N2C(=O)[C@H]([C@@H](C)O)C2S1. The van der Waals surface area contributed by atoms with Gasteiger partial charge in [-0.25, -0.2) is 9.59 Å². The molecule has 128 valence electrons. The van der Waals surface area contributed by atoms with Crippen LogP contribution in [-0.4, -0.2) is 51.5 Å². The number of hydrogen-bond acceptors (Lipinski definition) is 8. The van der Waals surface area contributed by atoms with Crippen molar-refractivity contribution in [1.82, 2.24) is 4.90 Å². The monoisotopic (exact) mass is 371 g/mol. The summed E-state index contributed by atoms with van der Waals surface area (Å²) in [5.41, 5.74) is -0.283. The van der Waals surface area contributed by atoms with E-state index < -0.39 is 35.2 Å². The third-order valence-electron chi connectivity index (χ3n) is 3.67. The maximum atomic E-state index is 12.1. The Balaban J connectivity index is 1.91. The largest absolute Gasteiger partial charge is 0.476 e. The molecule has 3 atom stereocenters. The Morgan fingerprint density at radius 2 is 2.12 bits per heavy atom. The first-order valence-electron chi connectivity index (χ1n) is 6.85. The van der Waals surface area contributed by atoms with Gasteiger partial charge in [0, 0.05) is 0 Å². The summed E-state index contributed by atoms with van der Waals surface area (Å²) in [6, 6.07) is 1.52. The van der Waals surface area contributed by atoms with Crippen LogP contribution in [0.2, 0.25) is 0 Å². The van der Waals surface area contributed by atoms with Crippen molar-refractivity contribution in [2.45, 2.75) is 18.4 Å². The molecular weight excluding hydrogens is 358 g/mol. The molecule has 0 bridgehead atoms. The van der Waals surface area contributed by atoms with Gasteiger partial charge in [-0.05, 0) is 18.4 Å². The van der Waals surface area contributed by atoms with Crippen LogP contribution in [0.1, 0.15) is 16.6 Å². The van der Waals surface area contributed by atoms with Gasteiger partial charge in [-0.1, -0.05) is 11.8 Å². The van der Waals surface area contributed by atoms with Crippen molar-refractivity contribution in [2.24, 2.45) is 5.92 Å². The summed E-state index contributed by atoms with van der Waals surface area (Å²) in [4.78, 5) is 36.6. The molecule has 1 aromatic heterocycles. The highest BCUT2D eigenvalue weighted by atomic mass is 32.2. The molecule has 3 heterocycles. The number of carboxylic acid groups (broad SMARTS) is 1. The lowest BCUT2D eigenvalue weighted by atomic mass is 9.92. The topological polar surface area (TPSA) is 113 Å². The minimum atomic E-state index is -1.31. The molecular formula is C14H13NO7S2. The summed E-state index contributed by atoms with van der Waals surface area (Å²) in [7, 11) is 1.23. The van der Waals surface area contributed by atoms with Crippen LogP contribution in [-0.2, 0) is 14.3 Å². The normalized spacial score (nSPS) is 23.6. The second kappa shape index (κ2) is 6.11. The molecule has 24 heavy (non-hydrogen) atoms. The van der Waals surface area contributed by atoms with Gasteiger partial charge in [0.05, 0.1) is 19.1 Å². The Labute approximate surface area is 144 Å². The Bertz CT molecular complexity index is 754. The van der Waals surface area contributed by atoms with Crippen molar-refractivity contribution in [2.75, 3.05) is 7.11 Å². The number of aliphatic hydroxyl groups excluding tert-OH is 1. The Morgan fingerprint density at radius 3 is 2.71 bits per heavy atom. The summed E-state index contributed by atoms with van der Waals surface area (Å²) in [5.74, 6) is -2.89. The molecule has 2 N–H and O–H groups in total. The molecule has 0 spiro atoms. The van der Waals surface area contributed by atoms with Crippen LogP contribution < -0.4 is 4.74 Å². The number of aliphatic carboxylic acids is 1. The number of carbonyl (C=O) groups is 3. The number of rotatable bonds is 5. The molecule has 0 aliphatic carbocycles. The Morgan fingerprint density at radius 1 is 1.42 bits per heavy atom. The number of esters is 1. The van der Waals surface area contributed by atoms with Crippen LogP contribution in [0.25, 0.3) is 0 Å². The lowest BCUT2D eigenvalue weighted by Gasteiger charge is -2.43. The van der Waals surface area contributed by atoms with E-state index in [-0.39, 0.29) is 21.4 Å². The van der Waals surface area contributed by atoms with E-state index >= 15 is 0 Å². The molecule has 0 aromatic carbocycles. The van der Waals surface area contributed by atoms with Gasteiger partial charge in [-0.15, -0.1) is 11.3 Å². The van der Waals surface area contributed by atoms with Crippen molar-refractivity contribution < 1.29 is 34.1 Å². The smallest absolute Gasteiger partial charge is 0.357 e. The predicted molar refractivity (Wildman–Crippen MR) is 84.3 cm³/mol. The lowest BCUT2D eigenvalue weighted by Crippen LogP contribution is -2.60. The number of carboxylic acids is 1. The summed E-state index contributed by atoms with van der Waals surface area (Å²) in [5, 5.41) is 20.2. The first-order valence-corrected chi connectivity index (χ1v) is 8.61. The van der Waals surface area contributed by atoms with Crippen LogP contribution in [0.5, 0.6) is 5.75 Å². The highest BCUT2D eigenvalue weighted by molar-refractivity contribution is 8.03. The summed E-state index contributed by atoms with van der Waals surface area (Å²) < 4.78 is 10.2. The van der Waals surface area contributed by atoms with E-state index in [1.807, 2.05) is 0 Å².